The van der Waals surface area contributed by atoms with Gasteiger partial charge in [0.05, 0.1) is 30.9 Å². The van der Waals surface area contributed by atoms with Gasteiger partial charge < -0.3 is 15.2 Å². The fourth-order valence-corrected chi connectivity index (χ4v) is 0.784. The standard InChI is InChI=1S/C8H12N2O2/c11-5-8(12)3-1-2-7-4-9-6-10-7/h1-2,4,6,8,11-12H,3,5H2,(H,9,10)/b2-1-/t8-/m0/s1. The van der Waals surface area contributed by atoms with E-state index in [0.29, 0.717) is 6.42 Å². The fraction of sp³-hybridized carbons (Fsp3) is 0.375. The van der Waals surface area contributed by atoms with Crippen LogP contribution < -0.4 is 0 Å². The summed E-state index contributed by atoms with van der Waals surface area (Å²) in [6, 6.07) is 0. The van der Waals surface area contributed by atoms with E-state index in [9.17, 15) is 0 Å². The molecular formula is C8H12N2O2. The molecule has 1 aromatic heterocycles. The van der Waals surface area contributed by atoms with Gasteiger partial charge in [-0.3, -0.25) is 0 Å². The molecule has 0 radical (unpaired) electrons. The molecule has 3 N–H and O–H groups in total. The lowest BCUT2D eigenvalue weighted by Gasteiger charge is -2.00. The van der Waals surface area contributed by atoms with Gasteiger partial charge >= 0.3 is 0 Å². The van der Waals surface area contributed by atoms with Crippen molar-refractivity contribution in [2.24, 2.45) is 0 Å². The molecule has 0 aliphatic heterocycles. The molecule has 1 heterocycles. The van der Waals surface area contributed by atoms with Crippen LogP contribution in [-0.4, -0.2) is 32.9 Å². The van der Waals surface area contributed by atoms with E-state index in [4.69, 9.17) is 10.2 Å². The minimum Gasteiger partial charge on any atom is -0.394 e. The second-order valence-corrected chi connectivity index (χ2v) is 2.48. The van der Waals surface area contributed by atoms with Crippen LogP contribution >= 0.6 is 0 Å². The van der Waals surface area contributed by atoms with Gasteiger partial charge in [0.1, 0.15) is 0 Å². The SMILES string of the molecule is OC[C@@H](O)C/C=C\c1cnc[nH]1. The molecule has 0 unspecified atom stereocenters. The molecule has 66 valence electrons. The second kappa shape index (κ2) is 4.69. The van der Waals surface area contributed by atoms with Crippen LogP contribution in [0.4, 0.5) is 0 Å². The minimum atomic E-state index is -0.663. The maximum absolute atomic E-state index is 8.96. The smallest absolute Gasteiger partial charge is 0.0924 e. The fourth-order valence-electron chi connectivity index (χ4n) is 0.784. The van der Waals surface area contributed by atoms with Gasteiger partial charge in [0.2, 0.25) is 0 Å². The average molecular weight is 168 g/mol. The Kier molecular flexibility index (Phi) is 3.50. The molecule has 4 nitrogen and oxygen atoms in total. The number of aliphatic hydroxyl groups excluding tert-OH is 2. The van der Waals surface area contributed by atoms with Gasteiger partial charge in [0, 0.05) is 0 Å². The van der Waals surface area contributed by atoms with Crippen molar-refractivity contribution in [3.05, 3.63) is 24.3 Å². The number of rotatable bonds is 4. The zero-order valence-electron chi connectivity index (χ0n) is 6.64. The molecule has 0 spiro atoms. The number of imidazole rings is 1. The molecule has 0 amide bonds. The Balaban J connectivity index is 2.32. The molecule has 0 aliphatic carbocycles. The van der Waals surface area contributed by atoms with Crippen molar-refractivity contribution in [1.82, 2.24) is 9.97 Å². The Morgan fingerprint density at radius 1 is 1.67 bits per heavy atom. The zero-order valence-corrected chi connectivity index (χ0v) is 6.64. The van der Waals surface area contributed by atoms with Gasteiger partial charge in [-0.25, -0.2) is 4.98 Å². The summed E-state index contributed by atoms with van der Waals surface area (Å²) in [5.74, 6) is 0. The summed E-state index contributed by atoms with van der Waals surface area (Å²) in [4.78, 5) is 6.71. The van der Waals surface area contributed by atoms with Crippen molar-refractivity contribution in [2.75, 3.05) is 6.61 Å². The molecule has 0 saturated carbocycles. The highest BCUT2D eigenvalue weighted by atomic mass is 16.3. The molecule has 12 heavy (non-hydrogen) atoms. The number of aliphatic hydroxyl groups is 2. The van der Waals surface area contributed by atoms with Gasteiger partial charge in [-0.05, 0) is 12.5 Å². The third-order valence-electron chi connectivity index (χ3n) is 1.44. The maximum Gasteiger partial charge on any atom is 0.0924 e. The maximum atomic E-state index is 8.96. The van der Waals surface area contributed by atoms with Gasteiger partial charge in [-0.2, -0.15) is 0 Å². The Labute approximate surface area is 70.6 Å². The molecule has 1 aromatic rings. The molecule has 0 aromatic carbocycles. The third-order valence-corrected chi connectivity index (χ3v) is 1.44. The van der Waals surface area contributed by atoms with Crippen molar-refractivity contribution < 1.29 is 10.2 Å². The summed E-state index contributed by atoms with van der Waals surface area (Å²) < 4.78 is 0. The molecule has 0 bridgehead atoms. The Bertz CT molecular complexity index is 231. The minimum absolute atomic E-state index is 0.201. The van der Waals surface area contributed by atoms with Gasteiger partial charge in [0.15, 0.2) is 0 Å². The van der Waals surface area contributed by atoms with E-state index in [1.54, 1.807) is 18.6 Å². The van der Waals surface area contributed by atoms with Gasteiger partial charge in [-0.15, -0.1) is 0 Å². The number of hydrogen-bond acceptors (Lipinski definition) is 3. The zero-order chi connectivity index (χ0) is 8.81. The van der Waals surface area contributed by atoms with Crippen LogP contribution in [0.2, 0.25) is 0 Å². The lowest BCUT2D eigenvalue weighted by Crippen LogP contribution is -2.09. The molecular weight excluding hydrogens is 156 g/mol. The summed E-state index contributed by atoms with van der Waals surface area (Å²) in [7, 11) is 0. The first kappa shape index (κ1) is 8.96. The van der Waals surface area contributed by atoms with Crippen molar-refractivity contribution in [3.63, 3.8) is 0 Å². The van der Waals surface area contributed by atoms with E-state index < -0.39 is 6.10 Å². The first-order chi connectivity index (χ1) is 5.83. The Morgan fingerprint density at radius 2 is 2.50 bits per heavy atom. The van der Waals surface area contributed by atoms with Crippen molar-refractivity contribution in [2.45, 2.75) is 12.5 Å². The van der Waals surface area contributed by atoms with E-state index in [2.05, 4.69) is 9.97 Å². The highest BCUT2D eigenvalue weighted by Crippen LogP contribution is 1.98. The summed E-state index contributed by atoms with van der Waals surface area (Å²) in [5.41, 5.74) is 0.889. The molecule has 1 atom stereocenters. The van der Waals surface area contributed by atoms with Gasteiger partial charge in [-0.1, -0.05) is 6.08 Å². The van der Waals surface area contributed by atoms with Crippen molar-refractivity contribution in [1.29, 1.82) is 0 Å². The van der Waals surface area contributed by atoms with Crippen LogP contribution in [0.5, 0.6) is 0 Å². The molecule has 0 saturated heterocycles. The summed E-state index contributed by atoms with van der Waals surface area (Å²) in [5, 5.41) is 17.4. The largest absolute Gasteiger partial charge is 0.394 e. The number of H-pyrrole nitrogens is 1. The van der Waals surface area contributed by atoms with Crippen LogP contribution in [0.3, 0.4) is 0 Å². The normalized spacial score (nSPS) is 13.8. The highest BCUT2D eigenvalue weighted by Gasteiger charge is 1.96. The molecule has 4 heteroatoms. The van der Waals surface area contributed by atoms with Crippen molar-refractivity contribution in [3.8, 4) is 0 Å². The topological polar surface area (TPSA) is 69.1 Å². The van der Waals surface area contributed by atoms with E-state index >= 15 is 0 Å². The average Bonchev–Trinajstić information content (AvgIpc) is 2.57. The highest BCUT2D eigenvalue weighted by molar-refractivity contribution is 5.42. The van der Waals surface area contributed by atoms with Crippen molar-refractivity contribution >= 4 is 6.08 Å². The number of hydrogen-bond donors (Lipinski definition) is 3. The molecule has 0 fully saturated rings. The number of nitrogens with one attached hydrogen (secondary N) is 1. The van der Waals surface area contributed by atoms with Crippen LogP contribution in [0.15, 0.2) is 18.6 Å². The van der Waals surface area contributed by atoms with Crippen LogP contribution in [0.25, 0.3) is 6.08 Å². The molecule has 0 aliphatic rings. The Hall–Kier alpha value is -1.13. The molecule has 1 rings (SSSR count). The summed E-state index contributed by atoms with van der Waals surface area (Å²) in [6.07, 6.45) is 6.66. The summed E-state index contributed by atoms with van der Waals surface area (Å²) in [6.45, 7) is -0.201. The second-order valence-electron chi connectivity index (χ2n) is 2.48. The van der Waals surface area contributed by atoms with Gasteiger partial charge in [0.25, 0.3) is 0 Å². The lowest BCUT2D eigenvalue weighted by molar-refractivity contribution is 0.0977. The Morgan fingerprint density at radius 3 is 3.08 bits per heavy atom. The predicted octanol–water partition coefficient (Wildman–Crippen LogP) is 0.166. The van der Waals surface area contributed by atoms with E-state index in [-0.39, 0.29) is 6.61 Å². The van der Waals surface area contributed by atoms with E-state index in [0.717, 1.165) is 5.69 Å². The number of aromatic nitrogens is 2. The first-order valence-corrected chi connectivity index (χ1v) is 3.76. The monoisotopic (exact) mass is 168 g/mol. The summed E-state index contributed by atoms with van der Waals surface area (Å²) >= 11 is 0. The van der Waals surface area contributed by atoms with Crippen LogP contribution in [0.1, 0.15) is 12.1 Å². The first-order valence-electron chi connectivity index (χ1n) is 3.76. The van der Waals surface area contributed by atoms with E-state index in [1.165, 1.54) is 0 Å². The van der Waals surface area contributed by atoms with E-state index in [1.807, 2.05) is 6.08 Å². The lowest BCUT2D eigenvalue weighted by atomic mass is 10.2. The van der Waals surface area contributed by atoms with Crippen LogP contribution in [0, 0.1) is 0 Å². The third kappa shape index (κ3) is 2.86. The number of nitrogens with zero attached hydrogens (tertiary/aromatic N) is 1. The number of aromatic amines is 1. The quantitative estimate of drug-likeness (QED) is 0.600. The predicted molar refractivity (Wildman–Crippen MR) is 45.3 cm³/mol. The van der Waals surface area contributed by atoms with Crippen LogP contribution in [-0.2, 0) is 0 Å².